The minimum atomic E-state index is -0.913. The first-order valence-electron chi connectivity index (χ1n) is 10.3. The van der Waals surface area contributed by atoms with E-state index >= 15 is 0 Å². The summed E-state index contributed by atoms with van der Waals surface area (Å²) in [5.74, 6) is -0.528. The van der Waals surface area contributed by atoms with Crippen LogP contribution >= 0.6 is 0 Å². The Morgan fingerprint density at radius 2 is 1.80 bits per heavy atom. The lowest BCUT2D eigenvalue weighted by Crippen LogP contribution is -2.48. The van der Waals surface area contributed by atoms with Gasteiger partial charge in [-0.15, -0.1) is 0 Å². The number of aromatic carboxylic acids is 1. The van der Waals surface area contributed by atoms with Gasteiger partial charge < -0.3 is 19.9 Å². The maximum atomic E-state index is 11.2. The van der Waals surface area contributed by atoms with Gasteiger partial charge in [-0.3, -0.25) is 0 Å². The molecule has 0 amide bonds. The molecule has 0 aromatic heterocycles. The molecule has 0 spiro atoms. The second kappa shape index (κ2) is 9.39. The molecule has 0 aliphatic carbocycles. The summed E-state index contributed by atoms with van der Waals surface area (Å²) < 4.78 is 11.9. The predicted molar refractivity (Wildman–Crippen MR) is 117 cm³/mol. The molecule has 0 saturated carbocycles. The van der Waals surface area contributed by atoms with Crippen LogP contribution in [0, 0.1) is 5.92 Å². The zero-order chi connectivity index (χ0) is 20.9. The van der Waals surface area contributed by atoms with Crippen LogP contribution in [0.5, 0.6) is 0 Å². The van der Waals surface area contributed by atoms with E-state index in [4.69, 9.17) is 9.47 Å². The van der Waals surface area contributed by atoms with Crippen molar-refractivity contribution in [2.45, 2.75) is 18.6 Å². The molecule has 1 aliphatic heterocycles. The molecule has 3 aromatic carbocycles. The van der Waals surface area contributed by atoms with E-state index < -0.39 is 5.97 Å². The Morgan fingerprint density at radius 3 is 2.53 bits per heavy atom. The molecule has 2 N–H and O–H groups in total. The molecule has 4 rings (SSSR count). The second-order valence-corrected chi connectivity index (χ2v) is 7.86. The number of piperidine rings is 1. The van der Waals surface area contributed by atoms with Crippen molar-refractivity contribution in [3.63, 3.8) is 0 Å². The third-order valence-electron chi connectivity index (χ3n) is 5.86. The van der Waals surface area contributed by atoms with Crippen LogP contribution in [-0.2, 0) is 16.1 Å². The van der Waals surface area contributed by atoms with Gasteiger partial charge in [0.05, 0.1) is 24.9 Å². The van der Waals surface area contributed by atoms with Crippen molar-refractivity contribution in [1.82, 2.24) is 5.32 Å². The van der Waals surface area contributed by atoms with Gasteiger partial charge >= 0.3 is 5.97 Å². The number of carboxylic acid groups (broad SMARTS) is 1. The third kappa shape index (κ3) is 4.54. The van der Waals surface area contributed by atoms with Crippen molar-refractivity contribution in [1.29, 1.82) is 0 Å². The van der Waals surface area contributed by atoms with Crippen molar-refractivity contribution < 1.29 is 19.4 Å². The Labute approximate surface area is 176 Å². The average molecular weight is 405 g/mol. The number of carboxylic acids is 1. The maximum absolute atomic E-state index is 11.2. The number of fused-ring (bicyclic) bond motifs is 1. The molecule has 30 heavy (non-hydrogen) atoms. The minimum Gasteiger partial charge on any atom is -0.478 e. The van der Waals surface area contributed by atoms with Gasteiger partial charge in [-0.05, 0) is 40.1 Å². The highest BCUT2D eigenvalue weighted by Gasteiger charge is 2.35. The van der Waals surface area contributed by atoms with E-state index in [2.05, 4.69) is 35.6 Å². The molecular formula is C25H27NO4. The van der Waals surface area contributed by atoms with Gasteiger partial charge in [0.1, 0.15) is 0 Å². The van der Waals surface area contributed by atoms with Crippen LogP contribution in [0.2, 0.25) is 0 Å². The maximum Gasteiger partial charge on any atom is 0.335 e. The summed E-state index contributed by atoms with van der Waals surface area (Å²) in [4.78, 5) is 11.2. The summed E-state index contributed by atoms with van der Waals surface area (Å²) in [6, 6.07) is 21.9. The molecule has 3 atom stereocenters. The fraction of sp³-hybridized carbons (Fsp3) is 0.320. The number of nitrogens with one attached hydrogen (secondary N) is 1. The minimum absolute atomic E-state index is 0.0268. The Bertz CT molecular complexity index is 999. The predicted octanol–water partition coefficient (Wildman–Crippen LogP) is 4.07. The van der Waals surface area contributed by atoms with E-state index in [9.17, 15) is 9.90 Å². The van der Waals surface area contributed by atoms with Gasteiger partial charge in [0.2, 0.25) is 0 Å². The van der Waals surface area contributed by atoms with Crippen LogP contribution in [0.4, 0.5) is 0 Å². The van der Waals surface area contributed by atoms with Gasteiger partial charge in [-0.1, -0.05) is 48.5 Å². The lowest BCUT2D eigenvalue weighted by molar-refractivity contribution is -0.0192. The fourth-order valence-electron chi connectivity index (χ4n) is 4.37. The second-order valence-electron chi connectivity index (χ2n) is 7.86. The van der Waals surface area contributed by atoms with E-state index in [-0.39, 0.29) is 17.9 Å². The summed E-state index contributed by atoms with van der Waals surface area (Å²) in [5, 5.41) is 15.1. The Morgan fingerprint density at radius 1 is 1.03 bits per heavy atom. The van der Waals surface area contributed by atoms with E-state index in [0.29, 0.717) is 18.8 Å². The van der Waals surface area contributed by atoms with Crippen molar-refractivity contribution in [2.75, 3.05) is 26.8 Å². The number of methoxy groups -OCH3 is 1. The number of ether oxygens (including phenoxy) is 2. The number of rotatable bonds is 7. The van der Waals surface area contributed by atoms with Crippen molar-refractivity contribution in [3.05, 3.63) is 83.4 Å². The van der Waals surface area contributed by atoms with Crippen molar-refractivity contribution in [3.8, 4) is 0 Å². The van der Waals surface area contributed by atoms with Crippen molar-refractivity contribution in [2.24, 2.45) is 5.92 Å². The van der Waals surface area contributed by atoms with Crippen LogP contribution < -0.4 is 5.32 Å². The first-order chi connectivity index (χ1) is 14.7. The zero-order valence-corrected chi connectivity index (χ0v) is 17.1. The van der Waals surface area contributed by atoms with E-state index in [1.165, 1.54) is 10.8 Å². The van der Waals surface area contributed by atoms with Gasteiger partial charge in [-0.2, -0.15) is 0 Å². The van der Waals surface area contributed by atoms with Crippen molar-refractivity contribution >= 4 is 16.7 Å². The summed E-state index contributed by atoms with van der Waals surface area (Å²) in [6.07, 6.45) is -0.0268. The van der Waals surface area contributed by atoms with Gasteiger partial charge in [0, 0.05) is 32.0 Å². The molecular weight excluding hydrogens is 378 g/mol. The molecule has 5 nitrogen and oxygen atoms in total. The smallest absolute Gasteiger partial charge is 0.335 e. The standard InChI is InChI=1S/C25H27NO4/c1-29-16-22-13-26-14-23(24(22)19-8-10-20(11-9-19)25(27)28)30-15-17-6-7-18-4-2-3-5-21(18)12-17/h2-12,22-24,26H,13-16H2,1H3,(H,27,28). The lowest BCUT2D eigenvalue weighted by atomic mass is 9.79. The van der Waals surface area contributed by atoms with Crippen LogP contribution in [0.1, 0.15) is 27.4 Å². The van der Waals surface area contributed by atoms with E-state index in [1.807, 2.05) is 24.3 Å². The summed E-state index contributed by atoms with van der Waals surface area (Å²) >= 11 is 0. The Kier molecular flexibility index (Phi) is 6.43. The van der Waals surface area contributed by atoms with Crippen LogP contribution in [0.15, 0.2) is 66.7 Å². The first kappa shape index (κ1) is 20.5. The molecule has 3 unspecified atom stereocenters. The molecule has 1 saturated heterocycles. The molecule has 1 aliphatic rings. The Hall–Kier alpha value is -2.73. The number of hydrogen-bond donors (Lipinski definition) is 2. The normalized spacial score (nSPS) is 21.6. The monoisotopic (exact) mass is 405 g/mol. The highest BCUT2D eigenvalue weighted by Crippen LogP contribution is 2.33. The average Bonchev–Trinajstić information content (AvgIpc) is 2.78. The first-order valence-corrected chi connectivity index (χ1v) is 10.3. The molecule has 1 heterocycles. The Balaban J connectivity index is 1.54. The zero-order valence-electron chi connectivity index (χ0n) is 17.1. The third-order valence-corrected chi connectivity index (χ3v) is 5.86. The highest BCUT2D eigenvalue weighted by molar-refractivity contribution is 5.87. The molecule has 5 heteroatoms. The largest absolute Gasteiger partial charge is 0.478 e. The van der Waals surface area contributed by atoms with Crippen LogP contribution in [-0.4, -0.2) is 44.0 Å². The van der Waals surface area contributed by atoms with E-state index in [1.54, 1.807) is 19.2 Å². The van der Waals surface area contributed by atoms with Crippen LogP contribution in [0.3, 0.4) is 0 Å². The molecule has 156 valence electrons. The van der Waals surface area contributed by atoms with Gasteiger partial charge in [0.25, 0.3) is 0 Å². The molecule has 1 fully saturated rings. The van der Waals surface area contributed by atoms with E-state index in [0.717, 1.165) is 24.2 Å². The number of benzene rings is 3. The summed E-state index contributed by atoms with van der Waals surface area (Å²) in [7, 11) is 1.71. The van der Waals surface area contributed by atoms with Gasteiger partial charge in [-0.25, -0.2) is 4.79 Å². The molecule has 0 bridgehead atoms. The highest BCUT2D eigenvalue weighted by atomic mass is 16.5. The summed E-state index contributed by atoms with van der Waals surface area (Å²) in [6.45, 7) is 2.74. The van der Waals surface area contributed by atoms with Gasteiger partial charge in [0.15, 0.2) is 0 Å². The quantitative estimate of drug-likeness (QED) is 0.620. The SMILES string of the molecule is COCC1CNCC(OCc2ccc3ccccc3c2)C1c1ccc(C(=O)O)cc1. The molecule has 3 aromatic rings. The fourth-order valence-corrected chi connectivity index (χ4v) is 4.37. The number of hydrogen-bond acceptors (Lipinski definition) is 4. The summed E-state index contributed by atoms with van der Waals surface area (Å²) in [5.41, 5.74) is 2.53. The topological polar surface area (TPSA) is 67.8 Å². The number of carbonyl (C=O) groups is 1. The molecule has 0 radical (unpaired) electrons. The van der Waals surface area contributed by atoms with Crippen LogP contribution in [0.25, 0.3) is 10.8 Å². The lowest BCUT2D eigenvalue weighted by Gasteiger charge is -2.38.